The smallest absolute Gasteiger partial charge is 0.0410 e. The topological polar surface area (TPSA) is 6.48 Å². The normalized spacial score (nSPS) is 23.4. The van der Waals surface area contributed by atoms with Gasteiger partial charge in [0.05, 0.1) is 0 Å². The van der Waals surface area contributed by atoms with E-state index in [1.54, 1.807) is 0 Å². The molecule has 0 saturated carbocycles. The molecule has 132 valence electrons. The van der Waals surface area contributed by atoms with Gasteiger partial charge in [-0.25, -0.2) is 0 Å². The highest BCUT2D eigenvalue weighted by Gasteiger charge is 2.33. The zero-order chi connectivity index (χ0) is 17.4. The Kier molecular flexibility index (Phi) is 5.10. The van der Waals surface area contributed by atoms with E-state index in [2.05, 4.69) is 60.2 Å². The largest absolute Gasteiger partial charge is 0.302 e. The van der Waals surface area contributed by atoms with Gasteiger partial charge in [0.1, 0.15) is 0 Å². The summed E-state index contributed by atoms with van der Waals surface area (Å²) in [6.07, 6.45) is 2.32. The Hall–Kier alpha value is -1.00. The van der Waals surface area contributed by atoms with E-state index in [9.17, 15) is 0 Å². The molecule has 0 aliphatic carbocycles. The minimum atomic E-state index is 0.417. The summed E-state index contributed by atoms with van der Waals surface area (Å²) in [7, 11) is 2.25. The van der Waals surface area contributed by atoms with E-state index in [1.807, 2.05) is 17.8 Å². The highest BCUT2D eigenvalue weighted by Crippen LogP contribution is 2.44. The molecule has 2 aromatic carbocycles. The van der Waals surface area contributed by atoms with Gasteiger partial charge in [0, 0.05) is 40.0 Å². The van der Waals surface area contributed by atoms with Crippen LogP contribution in [0.3, 0.4) is 0 Å². The van der Waals surface area contributed by atoms with Gasteiger partial charge >= 0.3 is 0 Å². The van der Waals surface area contributed by atoms with Crippen molar-refractivity contribution in [1.29, 1.82) is 0 Å². The second-order valence-electron chi connectivity index (χ2n) is 7.12. The molecule has 2 atom stereocenters. The molecule has 2 nitrogen and oxygen atoms in total. The molecule has 1 fully saturated rings. The molecule has 2 heterocycles. The first-order valence-electron chi connectivity index (χ1n) is 9.15. The molecule has 25 heavy (non-hydrogen) atoms. The monoisotopic (exact) mass is 372 g/mol. The Balaban J connectivity index is 1.70. The van der Waals surface area contributed by atoms with Crippen LogP contribution in [0.5, 0.6) is 0 Å². The lowest BCUT2D eigenvalue weighted by Crippen LogP contribution is -2.36. The van der Waals surface area contributed by atoms with Crippen LogP contribution >= 0.6 is 23.4 Å². The fourth-order valence-corrected chi connectivity index (χ4v) is 5.37. The summed E-state index contributed by atoms with van der Waals surface area (Å²) in [6, 6.07) is 16.3. The fraction of sp³-hybridized carbons (Fsp3) is 0.429. The van der Waals surface area contributed by atoms with Gasteiger partial charge in [-0.2, -0.15) is 0 Å². The lowest BCUT2D eigenvalue weighted by atomic mass is 9.97. The highest BCUT2D eigenvalue weighted by molar-refractivity contribution is 7.99. The van der Waals surface area contributed by atoms with Crippen molar-refractivity contribution in [3.8, 4) is 0 Å². The van der Waals surface area contributed by atoms with Crippen LogP contribution < -0.4 is 0 Å². The summed E-state index contributed by atoms with van der Waals surface area (Å²) < 4.78 is 0. The fourth-order valence-electron chi connectivity index (χ4n) is 4.08. The highest BCUT2D eigenvalue weighted by atomic mass is 35.5. The summed E-state index contributed by atoms with van der Waals surface area (Å²) in [5.74, 6) is 0. The number of likely N-dealkylation sites (tertiary alicyclic amines) is 1. The number of nitrogens with zero attached hydrogens (tertiary/aromatic N) is 2. The standard InChI is InChI=1S/C21H25ClN2S/c1-3-23(2)17-10-11-24(14-17)19-12-15-6-4-5-7-20(15)25-21-9-8-16(22)13-18(19)21/h4-9,13,17,19H,3,10-12,14H2,1-2H3/t17-,19-/m1/s1. The van der Waals surface area contributed by atoms with E-state index in [-0.39, 0.29) is 0 Å². The average molecular weight is 373 g/mol. The number of halogens is 1. The molecule has 4 rings (SSSR count). The van der Waals surface area contributed by atoms with Crippen LogP contribution in [-0.2, 0) is 6.42 Å². The number of rotatable bonds is 3. The maximum atomic E-state index is 6.38. The molecule has 2 aliphatic rings. The number of hydrogen-bond donors (Lipinski definition) is 0. The van der Waals surface area contributed by atoms with E-state index >= 15 is 0 Å². The molecule has 0 radical (unpaired) electrons. The summed E-state index contributed by atoms with van der Waals surface area (Å²) in [5, 5.41) is 0.844. The second kappa shape index (κ2) is 7.32. The molecule has 0 bridgehead atoms. The molecule has 4 heteroatoms. The first kappa shape index (κ1) is 17.4. The zero-order valence-corrected chi connectivity index (χ0v) is 16.5. The quantitative estimate of drug-likeness (QED) is 0.738. The first-order valence-corrected chi connectivity index (χ1v) is 10.3. The summed E-state index contributed by atoms with van der Waals surface area (Å²) in [5.41, 5.74) is 2.85. The van der Waals surface area contributed by atoms with Gasteiger partial charge in [-0.05, 0) is 61.8 Å². The van der Waals surface area contributed by atoms with Crippen molar-refractivity contribution >= 4 is 23.4 Å². The zero-order valence-electron chi connectivity index (χ0n) is 14.9. The summed E-state index contributed by atoms with van der Waals surface area (Å²) in [6.45, 7) is 5.67. The van der Waals surface area contributed by atoms with Crippen molar-refractivity contribution in [1.82, 2.24) is 9.80 Å². The first-order chi connectivity index (χ1) is 12.2. The van der Waals surface area contributed by atoms with Gasteiger partial charge in [-0.3, -0.25) is 4.90 Å². The number of likely N-dealkylation sites (N-methyl/N-ethyl adjacent to an activating group) is 1. The van der Waals surface area contributed by atoms with Gasteiger partial charge in [0.2, 0.25) is 0 Å². The van der Waals surface area contributed by atoms with Gasteiger partial charge in [0.25, 0.3) is 0 Å². The van der Waals surface area contributed by atoms with Crippen molar-refractivity contribution < 1.29 is 0 Å². The Labute approximate surface area is 160 Å². The Morgan fingerprint density at radius 2 is 2.04 bits per heavy atom. The predicted molar refractivity (Wildman–Crippen MR) is 107 cm³/mol. The van der Waals surface area contributed by atoms with Crippen LogP contribution in [0.4, 0.5) is 0 Å². The predicted octanol–water partition coefficient (Wildman–Crippen LogP) is 5.11. The van der Waals surface area contributed by atoms with Crippen molar-refractivity contribution in [2.24, 2.45) is 0 Å². The van der Waals surface area contributed by atoms with Gasteiger partial charge in [-0.1, -0.05) is 48.5 Å². The second-order valence-corrected chi connectivity index (χ2v) is 8.64. The van der Waals surface area contributed by atoms with E-state index in [0.29, 0.717) is 12.1 Å². The van der Waals surface area contributed by atoms with E-state index in [4.69, 9.17) is 11.6 Å². The summed E-state index contributed by atoms with van der Waals surface area (Å²) in [4.78, 5) is 7.90. The SMILES string of the molecule is CCN(C)[C@@H]1CCN([C@@H]2Cc3ccccc3Sc3ccc(Cl)cc32)C1. The Morgan fingerprint density at radius 3 is 2.88 bits per heavy atom. The molecule has 0 spiro atoms. The maximum Gasteiger partial charge on any atom is 0.0410 e. The summed E-state index contributed by atoms with van der Waals surface area (Å²) >= 11 is 8.27. The molecule has 0 aromatic heterocycles. The van der Waals surface area contributed by atoms with Crippen molar-refractivity contribution in [2.75, 3.05) is 26.7 Å². The Morgan fingerprint density at radius 1 is 1.20 bits per heavy atom. The molecule has 2 aliphatic heterocycles. The van der Waals surface area contributed by atoms with E-state index in [0.717, 1.165) is 24.5 Å². The number of benzene rings is 2. The van der Waals surface area contributed by atoms with Crippen molar-refractivity contribution in [3.63, 3.8) is 0 Å². The molecule has 0 unspecified atom stereocenters. The van der Waals surface area contributed by atoms with Gasteiger partial charge in [-0.15, -0.1) is 0 Å². The van der Waals surface area contributed by atoms with E-state index in [1.165, 1.54) is 33.9 Å². The third-order valence-corrected chi connectivity index (χ3v) is 7.14. The van der Waals surface area contributed by atoms with Crippen LogP contribution in [0.2, 0.25) is 5.02 Å². The molecule has 2 aromatic rings. The number of hydrogen-bond acceptors (Lipinski definition) is 3. The van der Waals surface area contributed by atoms with Crippen LogP contribution in [0, 0.1) is 0 Å². The third-order valence-electron chi connectivity index (χ3n) is 5.69. The van der Waals surface area contributed by atoms with Gasteiger partial charge < -0.3 is 4.90 Å². The van der Waals surface area contributed by atoms with Crippen molar-refractivity contribution in [2.45, 2.75) is 41.6 Å². The number of fused-ring (bicyclic) bond motifs is 2. The molecule has 0 N–H and O–H groups in total. The molecular weight excluding hydrogens is 348 g/mol. The molecular formula is C21H25ClN2S. The molecule has 0 amide bonds. The lowest BCUT2D eigenvalue weighted by Gasteiger charge is -2.30. The van der Waals surface area contributed by atoms with Crippen LogP contribution in [0.15, 0.2) is 52.3 Å². The average Bonchev–Trinajstić information content (AvgIpc) is 3.05. The van der Waals surface area contributed by atoms with Gasteiger partial charge in [0.15, 0.2) is 0 Å². The minimum Gasteiger partial charge on any atom is -0.302 e. The minimum absolute atomic E-state index is 0.417. The lowest BCUT2D eigenvalue weighted by molar-refractivity contribution is 0.202. The van der Waals surface area contributed by atoms with Crippen molar-refractivity contribution in [3.05, 3.63) is 58.6 Å². The van der Waals surface area contributed by atoms with E-state index < -0.39 is 0 Å². The third kappa shape index (κ3) is 3.48. The maximum absolute atomic E-state index is 6.38. The van der Waals surface area contributed by atoms with Crippen LogP contribution in [-0.4, -0.2) is 42.5 Å². The Bertz CT molecular complexity index is 763. The van der Waals surface area contributed by atoms with Crippen LogP contribution in [0.1, 0.15) is 30.5 Å². The van der Waals surface area contributed by atoms with Crippen LogP contribution in [0.25, 0.3) is 0 Å². The molecule has 1 saturated heterocycles.